The van der Waals surface area contributed by atoms with Crippen LogP contribution in [0.15, 0.2) is 79.4 Å². The second-order valence-electron chi connectivity index (χ2n) is 9.75. The number of hydrogen-bond acceptors (Lipinski definition) is 1. The number of rotatable bonds is 7. The predicted molar refractivity (Wildman–Crippen MR) is 138 cm³/mol. The fourth-order valence-electron chi connectivity index (χ4n) is 4.02. The maximum Gasteiger partial charge on any atom is 0.0467 e. The Morgan fingerprint density at radius 2 is 1.23 bits per heavy atom. The molecule has 3 rings (SSSR count). The third-order valence-corrected chi connectivity index (χ3v) is 6.74. The zero-order valence-electron chi connectivity index (χ0n) is 20.1. The van der Waals surface area contributed by atoms with Gasteiger partial charge in [0.2, 0.25) is 0 Å². The minimum atomic E-state index is 0.137. The van der Waals surface area contributed by atoms with Crippen molar-refractivity contribution in [3.8, 4) is 0 Å². The van der Waals surface area contributed by atoms with Gasteiger partial charge < -0.3 is 4.90 Å². The Morgan fingerprint density at radius 1 is 0.710 bits per heavy atom. The molecule has 0 bridgehead atoms. The lowest BCUT2D eigenvalue weighted by atomic mass is 9.78. The molecule has 162 valence electrons. The highest BCUT2D eigenvalue weighted by molar-refractivity contribution is 5.78. The van der Waals surface area contributed by atoms with E-state index < -0.39 is 0 Å². The summed E-state index contributed by atoms with van der Waals surface area (Å²) in [7, 11) is 0. The van der Waals surface area contributed by atoms with Crippen LogP contribution in [0, 0.1) is 0 Å². The van der Waals surface area contributed by atoms with Gasteiger partial charge in [-0.05, 0) is 76.8 Å². The molecule has 3 aromatic carbocycles. The summed E-state index contributed by atoms with van der Waals surface area (Å²) in [6.07, 6.45) is 4.19. The van der Waals surface area contributed by atoms with Crippen molar-refractivity contribution in [2.75, 3.05) is 4.90 Å². The zero-order valence-corrected chi connectivity index (χ0v) is 20.1. The van der Waals surface area contributed by atoms with E-state index in [-0.39, 0.29) is 10.8 Å². The number of anilines is 3. The van der Waals surface area contributed by atoms with E-state index in [1.807, 2.05) is 6.08 Å². The molecule has 0 spiro atoms. The van der Waals surface area contributed by atoms with Gasteiger partial charge in [-0.2, -0.15) is 0 Å². The van der Waals surface area contributed by atoms with E-state index in [0.717, 1.165) is 29.8 Å². The van der Waals surface area contributed by atoms with Crippen molar-refractivity contribution in [2.24, 2.45) is 0 Å². The average Bonchev–Trinajstić information content (AvgIpc) is 2.79. The van der Waals surface area contributed by atoms with Gasteiger partial charge in [0.25, 0.3) is 0 Å². The second-order valence-corrected chi connectivity index (χ2v) is 9.75. The lowest BCUT2D eigenvalue weighted by Crippen LogP contribution is -2.19. The molecule has 0 aliphatic rings. The molecule has 0 saturated heterocycles. The summed E-state index contributed by atoms with van der Waals surface area (Å²) in [5.74, 6) is 0. The van der Waals surface area contributed by atoms with Crippen LogP contribution in [-0.4, -0.2) is 0 Å². The summed E-state index contributed by atoms with van der Waals surface area (Å²) in [5.41, 5.74) is 7.70. The molecule has 0 radical (unpaired) electrons. The molecule has 1 nitrogen and oxygen atoms in total. The molecular weight excluding hydrogens is 374 g/mol. The van der Waals surface area contributed by atoms with Crippen LogP contribution in [0.4, 0.5) is 17.1 Å². The van der Waals surface area contributed by atoms with Gasteiger partial charge in [-0.15, -0.1) is 0 Å². The van der Waals surface area contributed by atoms with E-state index in [1.54, 1.807) is 0 Å². The molecule has 0 aromatic heterocycles. The Hall–Kier alpha value is -2.80. The minimum absolute atomic E-state index is 0.137. The Kier molecular flexibility index (Phi) is 6.74. The van der Waals surface area contributed by atoms with E-state index >= 15 is 0 Å². The second kappa shape index (κ2) is 9.14. The normalized spacial score (nSPS) is 11.9. The summed E-state index contributed by atoms with van der Waals surface area (Å²) >= 11 is 0. The largest absolute Gasteiger partial charge is 0.310 e. The van der Waals surface area contributed by atoms with Gasteiger partial charge in [0, 0.05) is 17.1 Å². The first kappa shape index (κ1) is 22.9. The molecule has 0 heterocycles. The summed E-state index contributed by atoms with van der Waals surface area (Å²) in [6, 6.07) is 26.6. The van der Waals surface area contributed by atoms with Crippen LogP contribution >= 0.6 is 0 Å². The molecule has 0 unspecified atom stereocenters. The van der Waals surface area contributed by atoms with Crippen LogP contribution < -0.4 is 4.90 Å². The van der Waals surface area contributed by atoms with E-state index in [4.69, 9.17) is 0 Å². The maximum atomic E-state index is 3.95. The van der Waals surface area contributed by atoms with Gasteiger partial charge in [-0.1, -0.05) is 90.6 Å². The molecule has 31 heavy (non-hydrogen) atoms. The van der Waals surface area contributed by atoms with E-state index in [1.165, 1.54) is 16.8 Å². The Bertz CT molecular complexity index is 1000. The number of benzene rings is 3. The molecule has 0 atom stereocenters. The van der Waals surface area contributed by atoms with Crippen molar-refractivity contribution in [3.63, 3.8) is 0 Å². The fraction of sp³-hybridized carbons (Fsp3) is 0.333. The number of nitrogens with zero attached hydrogens (tertiary/aromatic N) is 1. The smallest absolute Gasteiger partial charge is 0.0467 e. The van der Waals surface area contributed by atoms with Crippen LogP contribution in [0.2, 0.25) is 0 Å². The van der Waals surface area contributed by atoms with E-state index in [2.05, 4.69) is 126 Å². The highest BCUT2D eigenvalue weighted by Crippen LogP contribution is 2.38. The van der Waals surface area contributed by atoms with Crippen LogP contribution in [-0.2, 0) is 10.8 Å². The van der Waals surface area contributed by atoms with Crippen molar-refractivity contribution in [1.82, 2.24) is 0 Å². The standard InChI is InChI=1S/C30H37N/c1-8-23-12-11-13-28(22-23)31(26-18-14-24(15-19-26)29(4,5)6)27-20-16-25(17-21-27)30(7,9-2)10-3/h8,11-22H,1,9-10H2,2-7H3. The van der Waals surface area contributed by atoms with Crippen molar-refractivity contribution in [2.45, 2.75) is 65.2 Å². The Balaban J connectivity index is 2.09. The maximum absolute atomic E-state index is 3.95. The van der Waals surface area contributed by atoms with Gasteiger partial charge in [-0.3, -0.25) is 0 Å². The molecule has 0 N–H and O–H groups in total. The van der Waals surface area contributed by atoms with Crippen molar-refractivity contribution in [3.05, 3.63) is 96.1 Å². The lowest BCUT2D eigenvalue weighted by molar-refractivity contribution is 0.439. The van der Waals surface area contributed by atoms with Gasteiger partial charge in [-0.25, -0.2) is 0 Å². The lowest BCUT2D eigenvalue weighted by Gasteiger charge is -2.30. The van der Waals surface area contributed by atoms with Crippen molar-refractivity contribution < 1.29 is 0 Å². The third kappa shape index (κ3) is 4.93. The average molecular weight is 412 g/mol. The molecule has 0 aliphatic carbocycles. The molecule has 0 amide bonds. The quantitative estimate of drug-likeness (QED) is 0.374. The minimum Gasteiger partial charge on any atom is -0.310 e. The zero-order chi connectivity index (χ0) is 22.6. The molecule has 1 heteroatoms. The summed E-state index contributed by atoms with van der Waals surface area (Å²) in [5, 5.41) is 0. The molecule has 3 aromatic rings. The van der Waals surface area contributed by atoms with Gasteiger partial charge in [0.15, 0.2) is 0 Å². The van der Waals surface area contributed by atoms with Crippen LogP contribution in [0.1, 0.15) is 71.1 Å². The van der Waals surface area contributed by atoms with Gasteiger partial charge in [0.05, 0.1) is 0 Å². The van der Waals surface area contributed by atoms with Crippen molar-refractivity contribution in [1.29, 1.82) is 0 Å². The Morgan fingerprint density at radius 3 is 1.68 bits per heavy atom. The first-order valence-electron chi connectivity index (χ1n) is 11.5. The molecular formula is C30H37N. The molecule has 0 fully saturated rings. The predicted octanol–water partition coefficient (Wildman–Crippen LogP) is 9.17. The highest BCUT2D eigenvalue weighted by Gasteiger charge is 2.23. The van der Waals surface area contributed by atoms with Crippen LogP contribution in [0.5, 0.6) is 0 Å². The summed E-state index contributed by atoms with van der Waals surface area (Å²) in [4.78, 5) is 2.33. The van der Waals surface area contributed by atoms with E-state index in [9.17, 15) is 0 Å². The first-order chi connectivity index (χ1) is 14.7. The number of hydrogen-bond donors (Lipinski definition) is 0. The topological polar surface area (TPSA) is 3.24 Å². The van der Waals surface area contributed by atoms with Gasteiger partial charge in [0.1, 0.15) is 0 Å². The SMILES string of the molecule is C=Cc1cccc(N(c2ccc(C(C)(C)C)cc2)c2ccc(C(C)(CC)CC)cc2)c1. The van der Waals surface area contributed by atoms with Gasteiger partial charge >= 0.3 is 0 Å². The first-order valence-corrected chi connectivity index (χ1v) is 11.5. The molecule has 0 aliphatic heterocycles. The van der Waals surface area contributed by atoms with Crippen LogP contribution in [0.3, 0.4) is 0 Å². The summed E-state index contributed by atoms with van der Waals surface area (Å²) < 4.78 is 0. The highest BCUT2D eigenvalue weighted by atomic mass is 15.1. The monoisotopic (exact) mass is 411 g/mol. The van der Waals surface area contributed by atoms with E-state index in [0.29, 0.717) is 0 Å². The molecule has 0 saturated carbocycles. The van der Waals surface area contributed by atoms with Crippen molar-refractivity contribution >= 4 is 23.1 Å². The van der Waals surface area contributed by atoms with Crippen LogP contribution in [0.25, 0.3) is 6.08 Å². The third-order valence-electron chi connectivity index (χ3n) is 6.74. The Labute approximate surface area is 189 Å². The fourth-order valence-corrected chi connectivity index (χ4v) is 4.02. The summed E-state index contributed by atoms with van der Waals surface area (Å²) in [6.45, 7) is 17.6.